The van der Waals surface area contributed by atoms with Crippen LogP contribution in [0, 0.1) is 6.92 Å². The average molecular weight is 220 g/mol. The Labute approximate surface area is 96.9 Å². The van der Waals surface area contributed by atoms with Crippen molar-refractivity contribution in [1.29, 1.82) is 0 Å². The molecule has 1 unspecified atom stereocenters. The molecule has 0 saturated carbocycles. The molecule has 1 fully saturated rings. The summed E-state index contributed by atoms with van der Waals surface area (Å²) < 4.78 is 0. The molecule has 1 aromatic heterocycles. The van der Waals surface area contributed by atoms with E-state index in [9.17, 15) is 0 Å². The first-order chi connectivity index (χ1) is 7.69. The lowest BCUT2D eigenvalue weighted by molar-refractivity contribution is 0.502. The van der Waals surface area contributed by atoms with Crippen molar-refractivity contribution < 1.29 is 0 Å². The number of rotatable bonds is 2. The van der Waals surface area contributed by atoms with E-state index in [0.29, 0.717) is 0 Å². The molecule has 1 saturated heterocycles. The van der Waals surface area contributed by atoms with Crippen LogP contribution in [-0.2, 0) is 6.42 Å². The predicted octanol–water partition coefficient (Wildman–Crippen LogP) is 1.27. The third kappa shape index (κ3) is 2.50. The van der Waals surface area contributed by atoms with Crippen molar-refractivity contribution in [2.24, 2.45) is 5.73 Å². The molecule has 16 heavy (non-hydrogen) atoms. The monoisotopic (exact) mass is 220 g/mol. The summed E-state index contributed by atoms with van der Waals surface area (Å²) in [5.74, 6) is 1.90. The van der Waals surface area contributed by atoms with E-state index in [-0.39, 0.29) is 6.04 Å². The largest absolute Gasteiger partial charge is 0.355 e. The van der Waals surface area contributed by atoms with E-state index in [1.165, 1.54) is 0 Å². The van der Waals surface area contributed by atoms with Crippen molar-refractivity contribution >= 4 is 5.82 Å². The van der Waals surface area contributed by atoms with Crippen LogP contribution in [0.5, 0.6) is 0 Å². The minimum Gasteiger partial charge on any atom is -0.355 e. The second kappa shape index (κ2) is 4.78. The number of anilines is 1. The third-order valence-electron chi connectivity index (χ3n) is 3.02. The molecule has 0 bridgehead atoms. The molecule has 2 rings (SSSR count). The lowest BCUT2D eigenvalue weighted by Gasteiger charge is -2.31. The number of aromatic nitrogens is 2. The molecule has 0 amide bonds. The summed E-state index contributed by atoms with van der Waals surface area (Å²) in [5, 5.41) is 0. The van der Waals surface area contributed by atoms with Crippen LogP contribution in [0.25, 0.3) is 0 Å². The Morgan fingerprint density at radius 1 is 1.50 bits per heavy atom. The maximum Gasteiger partial charge on any atom is 0.132 e. The molecule has 2 heterocycles. The zero-order chi connectivity index (χ0) is 11.5. The van der Waals surface area contributed by atoms with Crippen LogP contribution in [-0.4, -0.2) is 29.1 Å². The van der Waals surface area contributed by atoms with Crippen molar-refractivity contribution in [2.45, 2.75) is 39.2 Å². The zero-order valence-electron chi connectivity index (χ0n) is 10.1. The van der Waals surface area contributed by atoms with Gasteiger partial charge in [0.05, 0.1) is 0 Å². The Bertz CT molecular complexity index is 364. The molecule has 88 valence electrons. The number of hydrogen-bond donors (Lipinski definition) is 1. The van der Waals surface area contributed by atoms with Crippen LogP contribution < -0.4 is 10.6 Å². The summed E-state index contributed by atoms with van der Waals surface area (Å²) in [6.45, 7) is 6.05. The highest BCUT2D eigenvalue weighted by Crippen LogP contribution is 2.18. The van der Waals surface area contributed by atoms with E-state index in [2.05, 4.69) is 27.9 Å². The summed E-state index contributed by atoms with van der Waals surface area (Å²) in [5.41, 5.74) is 7.10. The number of hydrogen-bond acceptors (Lipinski definition) is 4. The third-order valence-corrected chi connectivity index (χ3v) is 3.02. The highest BCUT2D eigenvalue weighted by Gasteiger charge is 2.18. The van der Waals surface area contributed by atoms with E-state index in [0.717, 1.165) is 49.7 Å². The van der Waals surface area contributed by atoms with E-state index < -0.39 is 0 Å². The normalized spacial score (nSPS) is 21.2. The van der Waals surface area contributed by atoms with Crippen LogP contribution in [0.2, 0.25) is 0 Å². The molecular weight excluding hydrogens is 200 g/mol. The van der Waals surface area contributed by atoms with E-state index in [1.54, 1.807) is 0 Å². The summed E-state index contributed by atoms with van der Waals surface area (Å²) >= 11 is 0. The Balaban J connectivity index is 2.21. The van der Waals surface area contributed by atoms with Crippen molar-refractivity contribution in [3.63, 3.8) is 0 Å². The van der Waals surface area contributed by atoms with Crippen LogP contribution >= 0.6 is 0 Å². The predicted molar refractivity (Wildman–Crippen MR) is 65.6 cm³/mol. The van der Waals surface area contributed by atoms with E-state index in [4.69, 9.17) is 5.73 Å². The molecule has 0 radical (unpaired) electrons. The van der Waals surface area contributed by atoms with Gasteiger partial charge in [-0.1, -0.05) is 6.92 Å². The van der Waals surface area contributed by atoms with Crippen LogP contribution in [0.15, 0.2) is 6.07 Å². The molecule has 4 nitrogen and oxygen atoms in total. The molecule has 1 aliphatic heterocycles. The van der Waals surface area contributed by atoms with Crippen molar-refractivity contribution in [3.05, 3.63) is 17.6 Å². The maximum atomic E-state index is 5.99. The first kappa shape index (κ1) is 11.3. The van der Waals surface area contributed by atoms with Crippen LogP contribution in [0.1, 0.15) is 31.3 Å². The highest BCUT2D eigenvalue weighted by molar-refractivity contribution is 5.40. The van der Waals surface area contributed by atoms with Gasteiger partial charge in [0.15, 0.2) is 0 Å². The van der Waals surface area contributed by atoms with Gasteiger partial charge in [-0.3, -0.25) is 0 Å². The second-order valence-electron chi connectivity index (χ2n) is 4.47. The highest BCUT2D eigenvalue weighted by atomic mass is 15.2. The molecule has 2 N–H and O–H groups in total. The summed E-state index contributed by atoms with van der Waals surface area (Å²) in [6, 6.07) is 2.37. The maximum absolute atomic E-state index is 5.99. The average Bonchev–Trinajstić information content (AvgIpc) is 2.28. The molecule has 4 heteroatoms. The number of aryl methyl sites for hydroxylation is 2. The van der Waals surface area contributed by atoms with Gasteiger partial charge < -0.3 is 10.6 Å². The first-order valence-corrected chi connectivity index (χ1v) is 6.04. The van der Waals surface area contributed by atoms with Crippen molar-refractivity contribution in [1.82, 2.24) is 9.97 Å². The molecule has 0 aromatic carbocycles. The molecule has 1 aromatic rings. The van der Waals surface area contributed by atoms with Gasteiger partial charge in [0.25, 0.3) is 0 Å². The van der Waals surface area contributed by atoms with Gasteiger partial charge in [0.2, 0.25) is 0 Å². The zero-order valence-corrected chi connectivity index (χ0v) is 10.1. The summed E-state index contributed by atoms with van der Waals surface area (Å²) in [7, 11) is 0. The Morgan fingerprint density at radius 2 is 2.31 bits per heavy atom. The second-order valence-corrected chi connectivity index (χ2v) is 4.47. The Hall–Kier alpha value is -1.16. The summed E-state index contributed by atoms with van der Waals surface area (Å²) in [6.07, 6.45) is 3.24. The smallest absolute Gasteiger partial charge is 0.132 e. The van der Waals surface area contributed by atoms with Gasteiger partial charge in [-0.2, -0.15) is 0 Å². The fourth-order valence-electron chi connectivity index (χ4n) is 2.17. The quantitative estimate of drug-likeness (QED) is 0.815. The number of nitrogens with zero attached hydrogens (tertiary/aromatic N) is 3. The van der Waals surface area contributed by atoms with Crippen LogP contribution in [0.4, 0.5) is 5.82 Å². The minimum absolute atomic E-state index is 0.286. The Morgan fingerprint density at radius 3 is 3.00 bits per heavy atom. The van der Waals surface area contributed by atoms with Gasteiger partial charge >= 0.3 is 0 Å². The lowest BCUT2D eigenvalue weighted by Crippen LogP contribution is -2.43. The molecular formula is C12H20N4. The SMILES string of the molecule is CCc1cc(N2CCCC(N)C2)nc(C)n1. The fraction of sp³-hybridized carbons (Fsp3) is 0.667. The first-order valence-electron chi connectivity index (χ1n) is 6.04. The lowest BCUT2D eigenvalue weighted by atomic mass is 10.1. The number of piperidine rings is 1. The van der Waals surface area contributed by atoms with Crippen LogP contribution in [0.3, 0.4) is 0 Å². The number of nitrogens with two attached hydrogens (primary N) is 1. The topological polar surface area (TPSA) is 55.0 Å². The van der Waals surface area contributed by atoms with Gasteiger partial charge in [-0.05, 0) is 26.2 Å². The van der Waals surface area contributed by atoms with E-state index >= 15 is 0 Å². The van der Waals surface area contributed by atoms with Gasteiger partial charge in [0, 0.05) is 30.9 Å². The van der Waals surface area contributed by atoms with Gasteiger partial charge in [-0.25, -0.2) is 9.97 Å². The van der Waals surface area contributed by atoms with Crippen molar-refractivity contribution in [2.75, 3.05) is 18.0 Å². The molecule has 1 aliphatic rings. The molecule has 0 spiro atoms. The Kier molecular flexibility index (Phi) is 3.39. The van der Waals surface area contributed by atoms with Gasteiger partial charge in [-0.15, -0.1) is 0 Å². The van der Waals surface area contributed by atoms with E-state index in [1.807, 2.05) is 6.92 Å². The van der Waals surface area contributed by atoms with Crippen molar-refractivity contribution in [3.8, 4) is 0 Å². The fourth-order valence-corrected chi connectivity index (χ4v) is 2.17. The standard InChI is InChI=1S/C12H20N4/c1-3-11-7-12(15-9(2)14-11)16-6-4-5-10(13)8-16/h7,10H,3-6,8,13H2,1-2H3. The summed E-state index contributed by atoms with van der Waals surface area (Å²) in [4.78, 5) is 11.2. The van der Waals surface area contributed by atoms with Gasteiger partial charge in [0.1, 0.15) is 11.6 Å². The minimum atomic E-state index is 0.286. The molecule has 0 aliphatic carbocycles. The molecule has 1 atom stereocenters.